The summed E-state index contributed by atoms with van der Waals surface area (Å²) in [6.45, 7) is 7.97. The van der Waals surface area contributed by atoms with Gasteiger partial charge in [0.05, 0.1) is 35.1 Å². The topological polar surface area (TPSA) is 101 Å². The van der Waals surface area contributed by atoms with Crippen LogP contribution in [-0.2, 0) is 17.4 Å². The third-order valence-corrected chi connectivity index (χ3v) is 8.07. The Labute approximate surface area is 208 Å². The zero-order chi connectivity index (χ0) is 25.2. The van der Waals surface area contributed by atoms with Crippen molar-refractivity contribution in [2.24, 2.45) is 0 Å². The third kappa shape index (κ3) is 5.44. The normalized spacial score (nSPS) is 13.7. The standard InChI is InChI=1S/C27H32N4O3S/c1-5-8-18(17-35(34)27(2,3)4)22-10-7-11-23(30-22)19-13-24-21(25(33)14-19)15-28-31(24)26-12-6-9-20(16-32)29-26/h6-7,9-15,18,32-33H,5,8,16-17H2,1-4H3/t18-,35+/m1/s1. The van der Waals surface area contributed by atoms with Crippen LogP contribution in [0.3, 0.4) is 0 Å². The zero-order valence-corrected chi connectivity index (χ0v) is 21.4. The fourth-order valence-electron chi connectivity index (χ4n) is 4.05. The van der Waals surface area contributed by atoms with E-state index in [-0.39, 0.29) is 23.0 Å². The average molecular weight is 493 g/mol. The summed E-state index contributed by atoms with van der Waals surface area (Å²) in [6.07, 6.45) is 3.48. The molecule has 3 heterocycles. The minimum absolute atomic E-state index is 0.0910. The summed E-state index contributed by atoms with van der Waals surface area (Å²) in [5.74, 6) is 1.32. The van der Waals surface area contributed by atoms with Gasteiger partial charge in [-0.25, -0.2) is 9.67 Å². The molecule has 0 saturated carbocycles. The summed E-state index contributed by atoms with van der Waals surface area (Å²) in [4.78, 5) is 9.38. The first-order chi connectivity index (χ1) is 16.7. The first-order valence-electron chi connectivity index (χ1n) is 11.8. The minimum atomic E-state index is -0.981. The first-order valence-corrected chi connectivity index (χ1v) is 13.2. The Hall–Kier alpha value is -3.10. The van der Waals surface area contributed by atoms with Gasteiger partial charge in [-0.15, -0.1) is 0 Å². The Morgan fingerprint density at radius 2 is 1.86 bits per heavy atom. The largest absolute Gasteiger partial charge is 0.507 e. The van der Waals surface area contributed by atoms with Crippen LogP contribution < -0.4 is 0 Å². The fourth-order valence-corrected chi connectivity index (χ4v) is 5.25. The lowest BCUT2D eigenvalue weighted by Crippen LogP contribution is -2.27. The Bertz CT molecular complexity index is 1360. The summed E-state index contributed by atoms with van der Waals surface area (Å²) >= 11 is 0. The molecule has 0 fully saturated rings. The first kappa shape index (κ1) is 25.0. The molecule has 4 rings (SSSR count). The molecule has 0 amide bonds. The fraction of sp³-hybridized carbons (Fsp3) is 0.370. The Morgan fingerprint density at radius 3 is 2.57 bits per heavy atom. The van der Waals surface area contributed by atoms with E-state index in [2.05, 4.69) is 17.0 Å². The van der Waals surface area contributed by atoms with Crippen LogP contribution >= 0.6 is 0 Å². The molecular formula is C27H32N4O3S. The van der Waals surface area contributed by atoms with Gasteiger partial charge >= 0.3 is 0 Å². The number of aromatic nitrogens is 4. The summed E-state index contributed by atoms with van der Waals surface area (Å²) in [6, 6.07) is 14.9. The predicted octanol–water partition coefficient (Wildman–Crippen LogP) is 5.11. The second kappa shape index (κ2) is 10.3. The number of pyridine rings is 2. The summed E-state index contributed by atoms with van der Waals surface area (Å²) in [7, 11) is -0.981. The van der Waals surface area contributed by atoms with Crippen LogP contribution in [-0.4, -0.2) is 44.7 Å². The van der Waals surface area contributed by atoms with Gasteiger partial charge in [0.1, 0.15) is 5.75 Å². The molecule has 1 aromatic carbocycles. The van der Waals surface area contributed by atoms with Gasteiger partial charge in [0.2, 0.25) is 0 Å². The maximum Gasteiger partial charge on any atom is 0.154 e. The lowest BCUT2D eigenvalue weighted by atomic mass is 10.00. The van der Waals surface area contributed by atoms with Crippen LogP contribution in [0, 0.1) is 0 Å². The highest BCUT2D eigenvalue weighted by molar-refractivity contribution is 7.86. The Morgan fingerprint density at radius 1 is 1.09 bits per heavy atom. The average Bonchev–Trinajstić information content (AvgIpc) is 3.28. The van der Waals surface area contributed by atoms with Gasteiger partial charge in [-0.2, -0.15) is 5.10 Å². The molecule has 3 aromatic heterocycles. The number of nitrogens with zero attached hydrogens (tertiary/aromatic N) is 4. The molecule has 4 aromatic rings. The van der Waals surface area contributed by atoms with Crippen molar-refractivity contribution >= 4 is 21.7 Å². The number of benzene rings is 1. The summed E-state index contributed by atoms with van der Waals surface area (Å²) in [5, 5.41) is 25.2. The quantitative estimate of drug-likeness (QED) is 0.354. The summed E-state index contributed by atoms with van der Waals surface area (Å²) < 4.78 is 14.2. The number of rotatable bonds is 8. The molecular weight excluding hydrogens is 460 g/mol. The molecule has 0 bridgehead atoms. The predicted molar refractivity (Wildman–Crippen MR) is 140 cm³/mol. The van der Waals surface area contributed by atoms with Gasteiger partial charge in [0.15, 0.2) is 5.82 Å². The number of phenols is 1. The van der Waals surface area contributed by atoms with Crippen LogP contribution in [0.2, 0.25) is 0 Å². The van der Waals surface area contributed by atoms with E-state index in [4.69, 9.17) is 4.98 Å². The molecule has 184 valence electrons. The Balaban J connectivity index is 1.75. The van der Waals surface area contributed by atoms with Crippen LogP contribution in [0.15, 0.2) is 54.7 Å². The van der Waals surface area contributed by atoms with E-state index < -0.39 is 10.8 Å². The monoisotopic (exact) mass is 492 g/mol. The van der Waals surface area contributed by atoms with Crippen LogP contribution in [0.1, 0.15) is 57.8 Å². The van der Waals surface area contributed by atoms with Crippen LogP contribution in [0.25, 0.3) is 28.0 Å². The number of hydrogen-bond donors (Lipinski definition) is 2. The van der Waals surface area contributed by atoms with Crippen molar-refractivity contribution in [2.45, 2.75) is 57.8 Å². The number of aliphatic hydroxyl groups excluding tert-OH is 1. The molecule has 0 unspecified atom stereocenters. The number of aliphatic hydroxyl groups is 1. The molecule has 8 heteroatoms. The lowest BCUT2D eigenvalue weighted by Gasteiger charge is -2.23. The highest BCUT2D eigenvalue weighted by Gasteiger charge is 2.25. The lowest BCUT2D eigenvalue weighted by molar-refractivity contribution is 0.276. The molecule has 2 N–H and O–H groups in total. The van der Waals surface area contributed by atoms with Crippen molar-refractivity contribution in [1.29, 1.82) is 0 Å². The van der Waals surface area contributed by atoms with Crippen molar-refractivity contribution in [3.05, 3.63) is 66.1 Å². The van der Waals surface area contributed by atoms with E-state index in [9.17, 15) is 14.4 Å². The van der Waals surface area contributed by atoms with Crippen LogP contribution in [0.5, 0.6) is 5.75 Å². The number of hydrogen-bond acceptors (Lipinski definition) is 6. The number of aromatic hydroxyl groups is 1. The molecule has 0 saturated heterocycles. The molecule has 0 radical (unpaired) electrons. The van der Waals surface area contributed by atoms with E-state index >= 15 is 0 Å². The molecule has 0 aliphatic heterocycles. The zero-order valence-electron chi connectivity index (χ0n) is 20.6. The number of phenolic OH excluding ortho intramolecular Hbond substituents is 1. The van der Waals surface area contributed by atoms with E-state index in [1.54, 1.807) is 29.1 Å². The van der Waals surface area contributed by atoms with Gasteiger partial charge in [0, 0.05) is 38.5 Å². The molecule has 0 aliphatic rings. The van der Waals surface area contributed by atoms with Gasteiger partial charge in [-0.05, 0) is 63.6 Å². The van der Waals surface area contributed by atoms with Crippen LogP contribution in [0.4, 0.5) is 0 Å². The van der Waals surface area contributed by atoms with E-state index in [1.807, 2.05) is 51.1 Å². The SMILES string of the molecule is CCC[C@H](C[S@](=O)C(C)(C)C)c1cccc(-c2cc(O)c3cnn(-c4cccc(CO)n4)c3c2)n1. The van der Waals surface area contributed by atoms with Crippen molar-refractivity contribution in [2.75, 3.05) is 5.75 Å². The highest BCUT2D eigenvalue weighted by Crippen LogP contribution is 2.33. The highest BCUT2D eigenvalue weighted by atomic mass is 32.2. The van der Waals surface area contributed by atoms with Gasteiger partial charge in [0.25, 0.3) is 0 Å². The second-order valence-electron chi connectivity index (χ2n) is 9.69. The van der Waals surface area contributed by atoms with Crippen molar-refractivity contribution in [1.82, 2.24) is 19.7 Å². The third-order valence-electron chi connectivity index (χ3n) is 6.00. The van der Waals surface area contributed by atoms with E-state index in [0.717, 1.165) is 29.8 Å². The maximum absolute atomic E-state index is 12.9. The second-order valence-corrected chi connectivity index (χ2v) is 11.9. The number of fused-ring (bicyclic) bond motifs is 1. The van der Waals surface area contributed by atoms with Crippen molar-refractivity contribution in [3.63, 3.8) is 0 Å². The van der Waals surface area contributed by atoms with Gasteiger partial charge < -0.3 is 10.2 Å². The molecule has 0 aliphatic carbocycles. The summed E-state index contributed by atoms with van der Waals surface area (Å²) in [5.41, 5.74) is 3.62. The van der Waals surface area contributed by atoms with Gasteiger partial charge in [-0.1, -0.05) is 25.5 Å². The Kier molecular flexibility index (Phi) is 7.33. The molecule has 35 heavy (non-hydrogen) atoms. The van der Waals surface area contributed by atoms with Gasteiger partial charge in [-0.3, -0.25) is 9.19 Å². The smallest absolute Gasteiger partial charge is 0.154 e. The van der Waals surface area contributed by atoms with Crippen molar-refractivity contribution < 1.29 is 14.4 Å². The van der Waals surface area contributed by atoms with E-state index in [0.29, 0.717) is 28.2 Å². The minimum Gasteiger partial charge on any atom is -0.507 e. The molecule has 2 atom stereocenters. The molecule has 7 nitrogen and oxygen atoms in total. The van der Waals surface area contributed by atoms with E-state index in [1.165, 1.54) is 0 Å². The maximum atomic E-state index is 12.9. The van der Waals surface area contributed by atoms with Crippen molar-refractivity contribution in [3.8, 4) is 22.8 Å². The molecule has 0 spiro atoms.